The lowest BCUT2D eigenvalue weighted by Gasteiger charge is -2.16. The van der Waals surface area contributed by atoms with Gasteiger partial charge in [-0.15, -0.1) is 0 Å². The van der Waals surface area contributed by atoms with Crippen LogP contribution in [0, 0.1) is 0 Å². The molecule has 0 aliphatic heterocycles. The highest BCUT2D eigenvalue weighted by Crippen LogP contribution is 2.24. The number of nitrogens with two attached hydrogens (primary N) is 1. The van der Waals surface area contributed by atoms with E-state index in [4.69, 9.17) is 5.73 Å². The second kappa shape index (κ2) is 9.58. The molecule has 3 aromatic rings. The first kappa shape index (κ1) is 21.6. The molecule has 1 unspecified atom stereocenters. The maximum Gasteiger partial charge on any atom is 0.262 e. The number of carbonyl (C=O) groups excluding carboxylic acids is 2. The SMILES string of the molecule is CCCCn1c(SC(C)C(=O)Nc2ccc(C(N)=O)cc2)nc2ccccc2c1=O. The number of anilines is 1. The van der Waals surface area contributed by atoms with Crippen molar-refractivity contribution in [3.05, 3.63) is 64.4 Å². The van der Waals surface area contributed by atoms with Crippen LogP contribution in [0.5, 0.6) is 0 Å². The summed E-state index contributed by atoms with van der Waals surface area (Å²) in [7, 11) is 0. The Balaban J connectivity index is 1.82. The van der Waals surface area contributed by atoms with Gasteiger partial charge >= 0.3 is 0 Å². The number of hydrogen-bond acceptors (Lipinski definition) is 5. The minimum Gasteiger partial charge on any atom is -0.366 e. The average molecular weight is 425 g/mol. The average Bonchev–Trinajstić information content (AvgIpc) is 2.74. The highest BCUT2D eigenvalue weighted by atomic mass is 32.2. The first-order valence-electron chi connectivity index (χ1n) is 9.77. The second-order valence-corrected chi connectivity index (χ2v) is 8.22. The summed E-state index contributed by atoms with van der Waals surface area (Å²) in [4.78, 5) is 41.4. The number of unbranched alkanes of at least 4 members (excludes halogenated alkanes) is 1. The Morgan fingerprint density at radius 1 is 1.17 bits per heavy atom. The van der Waals surface area contributed by atoms with Crippen molar-refractivity contribution in [2.45, 2.75) is 43.6 Å². The summed E-state index contributed by atoms with van der Waals surface area (Å²) in [5.74, 6) is -0.750. The molecular weight excluding hydrogens is 400 g/mol. The maximum absolute atomic E-state index is 13.0. The van der Waals surface area contributed by atoms with Crippen LogP contribution in [0.3, 0.4) is 0 Å². The molecule has 0 fully saturated rings. The van der Waals surface area contributed by atoms with Gasteiger partial charge in [-0.25, -0.2) is 4.98 Å². The molecule has 3 rings (SSSR count). The smallest absolute Gasteiger partial charge is 0.262 e. The molecule has 30 heavy (non-hydrogen) atoms. The van der Waals surface area contributed by atoms with Crippen molar-refractivity contribution < 1.29 is 9.59 Å². The Kier molecular flexibility index (Phi) is 6.89. The first-order valence-corrected chi connectivity index (χ1v) is 10.7. The fourth-order valence-electron chi connectivity index (χ4n) is 2.92. The molecule has 1 heterocycles. The van der Waals surface area contributed by atoms with E-state index in [2.05, 4.69) is 17.2 Å². The van der Waals surface area contributed by atoms with E-state index in [1.165, 1.54) is 11.8 Å². The molecule has 0 radical (unpaired) electrons. The molecule has 0 spiro atoms. The topological polar surface area (TPSA) is 107 Å². The fourth-order valence-corrected chi connectivity index (χ4v) is 3.86. The van der Waals surface area contributed by atoms with Crippen molar-refractivity contribution in [1.82, 2.24) is 9.55 Å². The summed E-state index contributed by atoms with van der Waals surface area (Å²) < 4.78 is 1.65. The zero-order chi connectivity index (χ0) is 21.7. The second-order valence-electron chi connectivity index (χ2n) is 6.91. The van der Waals surface area contributed by atoms with Crippen LogP contribution >= 0.6 is 11.8 Å². The Bertz CT molecular complexity index is 1130. The first-order chi connectivity index (χ1) is 14.4. The van der Waals surface area contributed by atoms with Gasteiger partial charge in [0.15, 0.2) is 5.16 Å². The predicted molar refractivity (Wildman–Crippen MR) is 120 cm³/mol. The molecule has 0 aliphatic carbocycles. The fraction of sp³-hybridized carbons (Fsp3) is 0.273. The minimum atomic E-state index is -0.524. The Labute approximate surface area is 178 Å². The number of aromatic nitrogens is 2. The van der Waals surface area contributed by atoms with E-state index in [0.29, 0.717) is 33.9 Å². The Hall–Kier alpha value is -3.13. The maximum atomic E-state index is 13.0. The van der Waals surface area contributed by atoms with Crippen LogP contribution in [0.4, 0.5) is 5.69 Å². The van der Waals surface area contributed by atoms with Gasteiger partial charge in [0.2, 0.25) is 11.8 Å². The number of nitrogens with zero attached hydrogens (tertiary/aromatic N) is 2. The summed E-state index contributed by atoms with van der Waals surface area (Å²) in [6.45, 7) is 4.38. The van der Waals surface area contributed by atoms with Gasteiger partial charge in [0.1, 0.15) is 0 Å². The molecule has 0 saturated carbocycles. The van der Waals surface area contributed by atoms with Gasteiger partial charge < -0.3 is 11.1 Å². The molecule has 2 amide bonds. The lowest BCUT2D eigenvalue weighted by molar-refractivity contribution is -0.115. The number of benzene rings is 2. The lowest BCUT2D eigenvalue weighted by atomic mass is 10.2. The van der Waals surface area contributed by atoms with E-state index in [0.717, 1.165) is 12.8 Å². The number of para-hydroxylation sites is 1. The van der Waals surface area contributed by atoms with Gasteiger partial charge in [-0.1, -0.05) is 37.2 Å². The summed E-state index contributed by atoms with van der Waals surface area (Å²) in [5, 5.41) is 3.43. The lowest BCUT2D eigenvalue weighted by Crippen LogP contribution is -2.27. The number of rotatable bonds is 8. The van der Waals surface area contributed by atoms with Crippen molar-refractivity contribution in [2.24, 2.45) is 5.73 Å². The van der Waals surface area contributed by atoms with Gasteiger partial charge in [-0.2, -0.15) is 0 Å². The highest BCUT2D eigenvalue weighted by Gasteiger charge is 2.19. The monoisotopic (exact) mass is 424 g/mol. The Morgan fingerprint density at radius 3 is 2.53 bits per heavy atom. The predicted octanol–water partition coefficient (Wildman–Crippen LogP) is 3.41. The third-order valence-electron chi connectivity index (χ3n) is 4.65. The van der Waals surface area contributed by atoms with Gasteiger partial charge in [0, 0.05) is 17.8 Å². The van der Waals surface area contributed by atoms with Crippen LogP contribution in [0.1, 0.15) is 37.0 Å². The van der Waals surface area contributed by atoms with E-state index < -0.39 is 11.2 Å². The molecule has 1 aromatic heterocycles. The van der Waals surface area contributed by atoms with Gasteiger partial charge in [0.05, 0.1) is 16.2 Å². The molecule has 8 heteroatoms. The third-order valence-corrected chi connectivity index (χ3v) is 5.74. The summed E-state index contributed by atoms with van der Waals surface area (Å²) in [5.41, 5.74) is 6.70. The largest absolute Gasteiger partial charge is 0.366 e. The number of thioether (sulfide) groups is 1. The van der Waals surface area contributed by atoms with Crippen molar-refractivity contribution in [3.8, 4) is 0 Å². The normalized spacial score (nSPS) is 11.9. The highest BCUT2D eigenvalue weighted by molar-refractivity contribution is 8.00. The van der Waals surface area contributed by atoms with Crippen molar-refractivity contribution in [2.75, 3.05) is 5.32 Å². The van der Waals surface area contributed by atoms with E-state index in [-0.39, 0.29) is 11.5 Å². The zero-order valence-electron chi connectivity index (χ0n) is 16.9. The minimum absolute atomic E-state index is 0.0915. The molecule has 2 aromatic carbocycles. The molecule has 1 atom stereocenters. The van der Waals surface area contributed by atoms with Gasteiger partial charge in [0.25, 0.3) is 5.56 Å². The van der Waals surface area contributed by atoms with E-state index in [1.807, 2.05) is 12.1 Å². The van der Waals surface area contributed by atoms with Crippen molar-refractivity contribution >= 4 is 40.2 Å². The molecule has 0 bridgehead atoms. The number of amides is 2. The quantitative estimate of drug-likeness (QED) is 0.426. The molecule has 0 saturated heterocycles. The number of nitrogens with one attached hydrogen (secondary N) is 1. The van der Waals surface area contributed by atoms with Crippen LogP contribution in [-0.2, 0) is 11.3 Å². The summed E-state index contributed by atoms with van der Waals surface area (Å²) >= 11 is 1.25. The van der Waals surface area contributed by atoms with Crippen molar-refractivity contribution in [3.63, 3.8) is 0 Å². The summed E-state index contributed by atoms with van der Waals surface area (Å²) in [6, 6.07) is 13.6. The summed E-state index contributed by atoms with van der Waals surface area (Å²) in [6.07, 6.45) is 1.79. The van der Waals surface area contributed by atoms with Crippen LogP contribution in [-0.4, -0.2) is 26.6 Å². The van der Waals surface area contributed by atoms with Crippen LogP contribution in [0.2, 0.25) is 0 Å². The van der Waals surface area contributed by atoms with E-state index in [9.17, 15) is 14.4 Å². The number of hydrogen-bond donors (Lipinski definition) is 2. The van der Waals surface area contributed by atoms with Gasteiger partial charge in [-0.05, 0) is 49.7 Å². The standard InChI is InChI=1S/C22H24N4O3S/c1-3-4-13-26-21(29)17-7-5-6-8-18(17)25-22(26)30-14(2)20(28)24-16-11-9-15(10-12-16)19(23)27/h5-12,14H,3-4,13H2,1-2H3,(H2,23,27)(H,24,28). The van der Waals surface area contributed by atoms with Gasteiger partial charge in [-0.3, -0.25) is 19.0 Å². The molecule has 3 N–H and O–H groups in total. The van der Waals surface area contributed by atoms with Crippen LogP contribution in [0.25, 0.3) is 10.9 Å². The van der Waals surface area contributed by atoms with E-state index in [1.54, 1.807) is 47.9 Å². The molecule has 7 nitrogen and oxygen atoms in total. The molecular formula is C22H24N4O3S. The number of primary amides is 1. The third kappa shape index (κ3) is 4.88. The van der Waals surface area contributed by atoms with E-state index >= 15 is 0 Å². The number of carbonyl (C=O) groups is 2. The number of fused-ring (bicyclic) bond motifs is 1. The molecule has 0 aliphatic rings. The Morgan fingerprint density at radius 2 is 1.87 bits per heavy atom. The zero-order valence-corrected chi connectivity index (χ0v) is 17.7. The van der Waals surface area contributed by atoms with Crippen LogP contribution in [0.15, 0.2) is 58.5 Å². The van der Waals surface area contributed by atoms with Crippen LogP contribution < -0.4 is 16.6 Å². The van der Waals surface area contributed by atoms with Crippen molar-refractivity contribution in [1.29, 1.82) is 0 Å². The molecule has 156 valence electrons.